The molecule has 1 amide bonds. The van der Waals surface area contributed by atoms with Crippen molar-refractivity contribution in [3.05, 3.63) is 35.9 Å². The first-order chi connectivity index (χ1) is 9.49. The highest BCUT2D eigenvalue weighted by Gasteiger charge is 2.50. The predicted octanol–water partition coefficient (Wildman–Crippen LogP) is 1.94. The minimum absolute atomic E-state index is 0.0856. The fourth-order valence-corrected chi connectivity index (χ4v) is 3.27. The fraction of sp³-hybridized carbons (Fsp3) is 0.500. The van der Waals surface area contributed by atoms with Gasteiger partial charge in [-0.1, -0.05) is 37.3 Å². The van der Waals surface area contributed by atoms with E-state index >= 15 is 0 Å². The van der Waals surface area contributed by atoms with E-state index in [2.05, 4.69) is 24.4 Å². The quantitative estimate of drug-likeness (QED) is 0.881. The van der Waals surface area contributed by atoms with E-state index in [1.807, 2.05) is 18.2 Å². The Bertz CT molecular complexity index is 534. The van der Waals surface area contributed by atoms with E-state index in [1.165, 1.54) is 5.56 Å². The van der Waals surface area contributed by atoms with Crippen LogP contribution >= 0.6 is 0 Å². The van der Waals surface area contributed by atoms with Crippen LogP contribution in [0.15, 0.2) is 30.3 Å². The number of carboxylic acids is 1. The van der Waals surface area contributed by atoms with Gasteiger partial charge in [-0.05, 0) is 30.2 Å². The van der Waals surface area contributed by atoms with Crippen molar-refractivity contribution >= 4 is 11.9 Å². The van der Waals surface area contributed by atoms with Crippen LogP contribution in [-0.2, 0) is 15.0 Å². The highest BCUT2D eigenvalue weighted by molar-refractivity contribution is 5.89. The van der Waals surface area contributed by atoms with Gasteiger partial charge in [0.25, 0.3) is 0 Å². The minimum atomic E-state index is -0.854. The van der Waals surface area contributed by atoms with Crippen molar-refractivity contribution in [1.29, 1.82) is 0 Å². The van der Waals surface area contributed by atoms with Crippen LogP contribution in [0.5, 0.6) is 0 Å². The zero-order valence-electron chi connectivity index (χ0n) is 11.5. The second kappa shape index (κ2) is 4.62. The lowest BCUT2D eigenvalue weighted by Gasteiger charge is -2.46. The third-order valence-electron chi connectivity index (χ3n) is 4.66. The number of nitrogens with one attached hydrogen (secondary N) is 1. The Morgan fingerprint density at radius 2 is 1.85 bits per heavy atom. The summed E-state index contributed by atoms with van der Waals surface area (Å²) in [6.07, 6.45) is 2.34. The molecule has 2 saturated carbocycles. The number of carbonyl (C=O) groups excluding carboxylic acids is 1. The summed E-state index contributed by atoms with van der Waals surface area (Å²) in [5, 5.41) is 11.8. The number of aliphatic carboxylic acids is 1. The molecule has 0 heterocycles. The molecule has 0 unspecified atom stereocenters. The van der Waals surface area contributed by atoms with Crippen molar-refractivity contribution in [2.24, 2.45) is 11.8 Å². The summed E-state index contributed by atoms with van der Waals surface area (Å²) in [4.78, 5) is 22.7. The molecule has 0 aromatic heterocycles. The molecule has 2 N–H and O–H groups in total. The molecule has 0 radical (unpaired) electrons. The maximum atomic E-state index is 11.9. The van der Waals surface area contributed by atoms with E-state index in [0.29, 0.717) is 6.42 Å². The summed E-state index contributed by atoms with van der Waals surface area (Å²) in [7, 11) is 0. The molecule has 3 rings (SSSR count). The lowest BCUT2D eigenvalue weighted by atomic mass is 9.63. The smallest absolute Gasteiger partial charge is 0.307 e. The Hall–Kier alpha value is -1.84. The third kappa shape index (κ3) is 2.30. The van der Waals surface area contributed by atoms with Crippen molar-refractivity contribution in [3.63, 3.8) is 0 Å². The number of rotatable bonds is 4. The van der Waals surface area contributed by atoms with Gasteiger partial charge in [-0.15, -0.1) is 0 Å². The van der Waals surface area contributed by atoms with E-state index in [0.717, 1.165) is 12.8 Å². The molecule has 1 aromatic rings. The maximum Gasteiger partial charge on any atom is 0.307 e. The molecule has 0 spiro atoms. The van der Waals surface area contributed by atoms with Gasteiger partial charge >= 0.3 is 5.97 Å². The SMILES string of the molecule is CC1(c2ccccc2)CC(NC(=O)[C@H]2C[C@@H]2C(=O)O)C1. The van der Waals surface area contributed by atoms with Gasteiger partial charge in [-0.2, -0.15) is 0 Å². The molecule has 0 aliphatic heterocycles. The molecule has 2 aliphatic rings. The first-order valence-corrected chi connectivity index (χ1v) is 7.08. The van der Waals surface area contributed by atoms with Gasteiger partial charge in [0.15, 0.2) is 0 Å². The van der Waals surface area contributed by atoms with Gasteiger partial charge < -0.3 is 10.4 Å². The average Bonchev–Trinajstić information content (AvgIpc) is 3.18. The number of carboxylic acid groups (broad SMARTS) is 1. The number of benzene rings is 1. The summed E-state index contributed by atoms with van der Waals surface area (Å²) >= 11 is 0. The van der Waals surface area contributed by atoms with Crippen molar-refractivity contribution in [3.8, 4) is 0 Å². The summed E-state index contributed by atoms with van der Waals surface area (Å²) in [5.41, 5.74) is 1.44. The van der Waals surface area contributed by atoms with E-state index < -0.39 is 11.9 Å². The van der Waals surface area contributed by atoms with Crippen LogP contribution in [-0.4, -0.2) is 23.0 Å². The molecular weight excluding hydrogens is 254 g/mol. The molecule has 20 heavy (non-hydrogen) atoms. The zero-order valence-corrected chi connectivity index (χ0v) is 11.5. The molecule has 4 nitrogen and oxygen atoms in total. The summed E-state index contributed by atoms with van der Waals surface area (Å²) < 4.78 is 0. The van der Waals surface area contributed by atoms with Crippen LogP contribution in [0.25, 0.3) is 0 Å². The molecule has 106 valence electrons. The Morgan fingerprint density at radius 1 is 1.20 bits per heavy atom. The van der Waals surface area contributed by atoms with Gasteiger partial charge in [0.2, 0.25) is 5.91 Å². The number of hydrogen-bond donors (Lipinski definition) is 2. The molecule has 1 aromatic carbocycles. The van der Waals surface area contributed by atoms with E-state index in [4.69, 9.17) is 5.11 Å². The van der Waals surface area contributed by atoms with Crippen LogP contribution < -0.4 is 5.32 Å². The minimum Gasteiger partial charge on any atom is -0.481 e. The Morgan fingerprint density at radius 3 is 2.40 bits per heavy atom. The highest BCUT2D eigenvalue weighted by Crippen LogP contribution is 2.44. The molecule has 0 bridgehead atoms. The van der Waals surface area contributed by atoms with Gasteiger partial charge in [0, 0.05) is 6.04 Å². The topological polar surface area (TPSA) is 66.4 Å². The fourth-order valence-electron chi connectivity index (χ4n) is 3.27. The predicted molar refractivity (Wildman–Crippen MR) is 74.2 cm³/mol. The second-order valence-electron chi connectivity index (χ2n) is 6.33. The van der Waals surface area contributed by atoms with Crippen molar-refractivity contribution < 1.29 is 14.7 Å². The number of amides is 1. The van der Waals surface area contributed by atoms with E-state index in [-0.39, 0.29) is 23.3 Å². The van der Waals surface area contributed by atoms with Crippen molar-refractivity contribution in [2.45, 2.75) is 37.6 Å². The van der Waals surface area contributed by atoms with Gasteiger partial charge in [0.05, 0.1) is 11.8 Å². The van der Waals surface area contributed by atoms with Gasteiger partial charge in [-0.3, -0.25) is 9.59 Å². The van der Waals surface area contributed by atoms with E-state index in [9.17, 15) is 9.59 Å². The van der Waals surface area contributed by atoms with Crippen LogP contribution in [0.2, 0.25) is 0 Å². The largest absolute Gasteiger partial charge is 0.481 e. The standard InChI is InChI=1S/C16H19NO3/c1-16(10-5-3-2-4-6-10)8-11(9-16)17-14(18)12-7-13(12)15(19)20/h2-6,11-13H,7-9H2,1H3,(H,17,18)(H,19,20)/t11?,12-,13-,16?/m0/s1. The Balaban J connectivity index is 1.52. The molecule has 2 atom stereocenters. The Labute approximate surface area is 118 Å². The molecule has 4 heteroatoms. The second-order valence-corrected chi connectivity index (χ2v) is 6.33. The van der Waals surface area contributed by atoms with Crippen LogP contribution in [0.3, 0.4) is 0 Å². The third-order valence-corrected chi connectivity index (χ3v) is 4.66. The monoisotopic (exact) mass is 273 g/mol. The lowest BCUT2D eigenvalue weighted by Crippen LogP contribution is -2.52. The molecule has 0 saturated heterocycles. The first-order valence-electron chi connectivity index (χ1n) is 7.08. The molecule has 2 fully saturated rings. The summed E-state index contributed by atoms with van der Waals surface area (Å²) in [6.45, 7) is 2.21. The number of carbonyl (C=O) groups is 2. The van der Waals surface area contributed by atoms with E-state index in [1.54, 1.807) is 0 Å². The van der Waals surface area contributed by atoms with Gasteiger partial charge in [-0.25, -0.2) is 0 Å². The van der Waals surface area contributed by atoms with Gasteiger partial charge in [0.1, 0.15) is 0 Å². The highest BCUT2D eigenvalue weighted by atomic mass is 16.4. The molecule has 2 aliphatic carbocycles. The van der Waals surface area contributed by atoms with Crippen LogP contribution in [0, 0.1) is 11.8 Å². The molecular formula is C16H19NO3. The first kappa shape index (κ1) is 13.2. The van der Waals surface area contributed by atoms with Crippen molar-refractivity contribution in [2.75, 3.05) is 0 Å². The van der Waals surface area contributed by atoms with Crippen LogP contribution in [0.1, 0.15) is 31.7 Å². The maximum absolute atomic E-state index is 11.9. The number of hydrogen-bond acceptors (Lipinski definition) is 2. The normalized spacial score (nSPS) is 35.0. The van der Waals surface area contributed by atoms with Crippen molar-refractivity contribution in [1.82, 2.24) is 5.32 Å². The average molecular weight is 273 g/mol. The summed E-state index contributed by atoms with van der Waals surface area (Å²) in [6, 6.07) is 10.5. The van der Waals surface area contributed by atoms with Crippen LogP contribution in [0.4, 0.5) is 0 Å². The summed E-state index contributed by atoms with van der Waals surface area (Å²) in [5.74, 6) is -1.71. The lowest BCUT2D eigenvalue weighted by molar-refractivity contribution is -0.140. The zero-order chi connectivity index (χ0) is 14.3. The Kier molecular flexibility index (Phi) is 3.04.